The number of aromatic carboxylic acids is 1. The number of carboxylic acid groups (broad SMARTS) is 1. The average Bonchev–Trinajstić information content (AvgIpc) is 3.03. The lowest BCUT2D eigenvalue weighted by Gasteiger charge is -2.13. The minimum absolute atomic E-state index is 0.262. The molecule has 4 aromatic rings. The molecular formula is C22H21N5O2. The Kier molecular flexibility index (Phi) is 4.72. The molecule has 0 aliphatic heterocycles. The Morgan fingerprint density at radius 2 is 1.76 bits per heavy atom. The summed E-state index contributed by atoms with van der Waals surface area (Å²) in [7, 11) is 0. The monoisotopic (exact) mass is 387 g/mol. The van der Waals surface area contributed by atoms with Crippen LogP contribution in [0.2, 0.25) is 0 Å². The van der Waals surface area contributed by atoms with Crippen molar-refractivity contribution in [3.05, 3.63) is 76.6 Å². The molecule has 0 radical (unpaired) electrons. The first-order valence-corrected chi connectivity index (χ1v) is 9.29. The maximum atomic E-state index is 11.0. The number of fused-ring (bicyclic) bond motifs is 1. The standard InChI is InChI=1S/C22H21N5O2/c1-13-4-9-18-19(10-13)25-21(27-15(3)11-14(2)26-27)20(24-18)23-12-16-5-7-17(8-6-16)22(28)29/h4-11H,12H2,1-3H3,(H,23,24)(H,28,29). The molecule has 2 aromatic heterocycles. The highest BCUT2D eigenvalue weighted by Crippen LogP contribution is 2.23. The third-order valence-electron chi connectivity index (χ3n) is 4.67. The highest BCUT2D eigenvalue weighted by atomic mass is 16.4. The summed E-state index contributed by atoms with van der Waals surface area (Å²) in [5.41, 5.74) is 5.80. The van der Waals surface area contributed by atoms with Gasteiger partial charge in [-0.15, -0.1) is 0 Å². The van der Waals surface area contributed by atoms with Crippen LogP contribution in [0.15, 0.2) is 48.5 Å². The number of carboxylic acids is 1. The first-order valence-electron chi connectivity index (χ1n) is 9.29. The topological polar surface area (TPSA) is 92.9 Å². The molecule has 146 valence electrons. The van der Waals surface area contributed by atoms with Crippen molar-refractivity contribution in [2.45, 2.75) is 27.3 Å². The first kappa shape index (κ1) is 18.6. The lowest BCUT2D eigenvalue weighted by atomic mass is 10.1. The Labute approximate surface area is 168 Å². The highest BCUT2D eigenvalue weighted by molar-refractivity contribution is 5.87. The van der Waals surface area contributed by atoms with Crippen molar-refractivity contribution in [2.24, 2.45) is 0 Å². The van der Waals surface area contributed by atoms with E-state index in [1.54, 1.807) is 28.9 Å². The molecule has 0 aliphatic rings. The smallest absolute Gasteiger partial charge is 0.335 e. The number of benzene rings is 2. The van der Waals surface area contributed by atoms with E-state index >= 15 is 0 Å². The van der Waals surface area contributed by atoms with Crippen molar-refractivity contribution in [3.63, 3.8) is 0 Å². The van der Waals surface area contributed by atoms with Crippen LogP contribution in [0.4, 0.5) is 5.82 Å². The number of nitrogens with zero attached hydrogens (tertiary/aromatic N) is 4. The third-order valence-corrected chi connectivity index (χ3v) is 4.67. The molecule has 0 unspecified atom stereocenters. The number of hydrogen-bond acceptors (Lipinski definition) is 5. The van der Waals surface area contributed by atoms with Crippen LogP contribution in [0.3, 0.4) is 0 Å². The van der Waals surface area contributed by atoms with Crippen LogP contribution in [0, 0.1) is 20.8 Å². The fourth-order valence-electron chi connectivity index (χ4n) is 3.22. The summed E-state index contributed by atoms with van der Waals surface area (Å²) in [6.07, 6.45) is 0. The van der Waals surface area contributed by atoms with E-state index in [1.807, 2.05) is 45.0 Å². The van der Waals surface area contributed by atoms with E-state index in [2.05, 4.69) is 10.4 Å². The molecule has 29 heavy (non-hydrogen) atoms. The summed E-state index contributed by atoms with van der Waals surface area (Å²) in [5.74, 6) is 0.317. The predicted octanol–water partition coefficient (Wildman–Crippen LogP) is 4.05. The van der Waals surface area contributed by atoms with E-state index in [0.29, 0.717) is 18.2 Å². The molecule has 7 heteroatoms. The van der Waals surface area contributed by atoms with Crippen LogP contribution in [0.1, 0.15) is 32.9 Å². The second-order valence-electron chi connectivity index (χ2n) is 7.08. The van der Waals surface area contributed by atoms with Crippen molar-refractivity contribution < 1.29 is 9.90 Å². The summed E-state index contributed by atoms with van der Waals surface area (Å²) < 4.78 is 1.79. The zero-order valence-corrected chi connectivity index (χ0v) is 16.5. The molecule has 2 heterocycles. The van der Waals surface area contributed by atoms with Crippen LogP contribution in [0.25, 0.3) is 16.9 Å². The number of rotatable bonds is 5. The van der Waals surface area contributed by atoms with Gasteiger partial charge in [0.25, 0.3) is 0 Å². The van der Waals surface area contributed by atoms with Gasteiger partial charge >= 0.3 is 5.97 Å². The lowest BCUT2D eigenvalue weighted by molar-refractivity contribution is 0.0697. The second-order valence-corrected chi connectivity index (χ2v) is 7.08. The summed E-state index contributed by atoms with van der Waals surface area (Å²) in [4.78, 5) is 20.6. The molecular weight excluding hydrogens is 366 g/mol. The van der Waals surface area contributed by atoms with Gasteiger partial charge in [0.1, 0.15) is 0 Å². The van der Waals surface area contributed by atoms with E-state index in [9.17, 15) is 4.79 Å². The van der Waals surface area contributed by atoms with Crippen LogP contribution >= 0.6 is 0 Å². The second kappa shape index (κ2) is 7.35. The van der Waals surface area contributed by atoms with Crippen molar-refractivity contribution in [1.29, 1.82) is 0 Å². The molecule has 0 saturated heterocycles. The van der Waals surface area contributed by atoms with Gasteiger partial charge in [-0.2, -0.15) is 5.10 Å². The molecule has 0 saturated carbocycles. The van der Waals surface area contributed by atoms with Gasteiger partial charge in [-0.3, -0.25) is 0 Å². The minimum Gasteiger partial charge on any atom is -0.478 e. The van der Waals surface area contributed by atoms with Gasteiger partial charge in [-0.1, -0.05) is 18.2 Å². The molecule has 0 fully saturated rings. The molecule has 0 aliphatic carbocycles. The number of carbonyl (C=O) groups is 1. The average molecular weight is 387 g/mol. The molecule has 0 amide bonds. The number of hydrogen-bond donors (Lipinski definition) is 2. The maximum absolute atomic E-state index is 11.0. The highest BCUT2D eigenvalue weighted by Gasteiger charge is 2.14. The fraction of sp³-hybridized carbons (Fsp3) is 0.182. The largest absolute Gasteiger partial charge is 0.478 e. The van der Waals surface area contributed by atoms with Crippen molar-refractivity contribution in [2.75, 3.05) is 5.32 Å². The Bertz CT molecular complexity index is 1210. The van der Waals surface area contributed by atoms with E-state index in [4.69, 9.17) is 15.1 Å². The minimum atomic E-state index is -0.938. The van der Waals surface area contributed by atoms with Crippen LogP contribution in [-0.2, 0) is 6.54 Å². The predicted molar refractivity (Wildman–Crippen MR) is 112 cm³/mol. The normalized spacial score (nSPS) is 11.0. The summed E-state index contributed by atoms with van der Waals surface area (Å²) >= 11 is 0. The van der Waals surface area contributed by atoms with Gasteiger partial charge in [-0.25, -0.2) is 19.4 Å². The number of aryl methyl sites for hydroxylation is 3. The van der Waals surface area contributed by atoms with Crippen molar-refractivity contribution in [1.82, 2.24) is 19.7 Å². The van der Waals surface area contributed by atoms with Gasteiger partial charge in [0.2, 0.25) is 0 Å². The molecule has 0 atom stereocenters. The maximum Gasteiger partial charge on any atom is 0.335 e. The Morgan fingerprint density at radius 1 is 1.00 bits per heavy atom. The number of aromatic nitrogens is 4. The van der Waals surface area contributed by atoms with E-state index < -0.39 is 5.97 Å². The van der Waals surface area contributed by atoms with Crippen LogP contribution < -0.4 is 5.32 Å². The van der Waals surface area contributed by atoms with Crippen molar-refractivity contribution in [3.8, 4) is 5.82 Å². The summed E-state index contributed by atoms with van der Waals surface area (Å²) in [5, 5.41) is 17.0. The Balaban J connectivity index is 1.73. The first-order chi connectivity index (χ1) is 13.9. The SMILES string of the molecule is Cc1ccc2nc(NCc3ccc(C(=O)O)cc3)c(-n3nc(C)cc3C)nc2c1. The quantitative estimate of drug-likeness (QED) is 0.537. The molecule has 4 rings (SSSR count). The van der Waals surface area contributed by atoms with Crippen LogP contribution in [-0.4, -0.2) is 30.8 Å². The Hall–Kier alpha value is -3.74. The zero-order valence-electron chi connectivity index (χ0n) is 16.5. The van der Waals surface area contributed by atoms with E-state index in [0.717, 1.165) is 33.5 Å². The van der Waals surface area contributed by atoms with Gasteiger partial charge in [0.15, 0.2) is 11.6 Å². The lowest BCUT2D eigenvalue weighted by Crippen LogP contribution is -2.11. The van der Waals surface area contributed by atoms with E-state index in [1.165, 1.54) is 0 Å². The molecule has 0 spiro atoms. The molecule has 2 N–H and O–H groups in total. The van der Waals surface area contributed by atoms with Gasteiger partial charge < -0.3 is 10.4 Å². The summed E-state index contributed by atoms with van der Waals surface area (Å²) in [6.45, 7) is 6.44. The zero-order chi connectivity index (χ0) is 20.5. The Morgan fingerprint density at radius 3 is 2.41 bits per heavy atom. The van der Waals surface area contributed by atoms with Gasteiger partial charge in [0.05, 0.1) is 22.3 Å². The van der Waals surface area contributed by atoms with Crippen LogP contribution in [0.5, 0.6) is 0 Å². The number of nitrogens with one attached hydrogen (secondary N) is 1. The molecule has 7 nitrogen and oxygen atoms in total. The van der Waals surface area contributed by atoms with Gasteiger partial charge in [0, 0.05) is 12.2 Å². The fourth-order valence-corrected chi connectivity index (χ4v) is 3.22. The molecule has 0 bridgehead atoms. The third kappa shape index (κ3) is 3.80. The molecule has 2 aromatic carbocycles. The van der Waals surface area contributed by atoms with Crippen molar-refractivity contribution >= 4 is 22.8 Å². The number of anilines is 1. The van der Waals surface area contributed by atoms with E-state index in [-0.39, 0.29) is 5.56 Å². The summed E-state index contributed by atoms with van der Waals surface area (Å²) in [6, 6.07) is 14.7. The van der Waals surface area contributed by atoms with Gasteiger partial charge in [-0.05, 0) is 62.2 Å².